The Kier molecular flexibility index (Phi) is 3.97. The van der Waals surface area contributed by atoms with E-state index in [-0.39, 0.29) is 0 Å². The maximum atomic E-state index is 5.58. The Morgan fingerprint density at radius 2 is 2.29 bits per heavy atom. The van der Waals surface area contributed by atoms with Crippen molar-refractivity contribution < 1.29 is 0 Å². The molecule has 0 bridgehead atoms. The van der Waals surface area contributed by atoms with Crippen LogP contribution in [-0.4, -0.2) is 43.1 Å². The minimum Gasteiger partial charge on any atom is -0.355 e. The van der Waals surface area contributed by atoms with Gasteiger partial charge in [-0.3, -0.25) is 0 Å². The molecule has 4 heteroatoms. The van der Waals surface area contributed by atoms with Crippen molar-refractivity contribution >= 4 is 5.82 Å². The van der Waals surface area contributed by atoms with Crippen LogP contribution in [0.25, 0.3) is 0 Å². The molecular formula is C13H22N4. The summed E-state index contributed by atoms with van der Waals surface area (Å²) in [6.07, 6.45) is 4.40. The fourth-order valence-electron chi connectivity index (χ4n) is 2.31. The zero-order valence-corrected chi connectivity index (χ0v) is 10.8. The quantitative estimate of drug-likeness (QED) is 0.850. The molecule has 2 heterocycles. The molecular weight excluding hydrogens is 212 g/mol. The average Bonchev–Trinajstić information content (AvgIpc) is 2.39. The molecule has 1 unspecified atom stereocenters. The molecule has 1 aromatic rings. The van der Waals surface area contributed by atoms with E-state index >= 15 is 0 Å². The van der Waals surface area contributed by atoms with E-state index in [4.69, 9.17) is 5.73 Å². The van der Waals surface area contributed by atoms with Gasteiger partial charge in [0, 0.05) is 31.9 Å². The predicted octanol–water partition coefficient (Wildman–Crippen LogP) is 1.07. The van der Waals surface area contributed by atoms with E-state index in [1.165, 1.54) is 12.8 Å². The van der Waals surface area contributed by atoms with E-state index in [2.05, 4.69) is 41.0 Å². The molecule has 0 saturated carbocycles. The topological polar surface area (TPSA) is 45.4 Å². The van der Waals surface area contributed by atoms with Crippen LogP contribution in [0.4, 0.5) is 5.82 Å². The van der Waals surface area contributed by atoms with Crippen LogP contribution in [0.5, 0.6) is 0 Å². The lowest BCUT2D eigenvalue weighted by molar-refractivity contribution is 0.257. The first-order chi connectivity index (χ1) is 8.20. The largest absolute Gasteiger partial charge is 0.355 e. The number of rotatable bonds is 3. The van der Waals surface area contributed by atoms with Crippen molar-refractivity contribution in [3.63, 3.8) is 0 Å². The van der Waals surface area contributed by atoms with Crippen molar-refractivity contribution in [3.8, 4) is 0 Å². The second-order valence-electron chi connectivity index (χ2n) is 4.93. The van der Waals surface area contributed by atoms with Crippen LogP contribution in [0.2, 0.25) is 0 Å². The summed E-state index contributed by atoms with van der Waals surface area (Å²) in [5, 5.41) is 0. The van der Waals surface area contributed by atoms with Gasteiger partial charge in [0.05, 0.1) is 0 Å². The number of likely N-dealkylation sites (N-methyl/N-ethyl adjacent to an activating group) is 1. The first-order valence-corrected chi connectivity index (χ1v) is 6.27. The van der Waals surface area contributed by atoms with Crippen LogP contribution in [0.1, 0.15) is 18.4 Å². The number of pyridine rings is 1. The van der Waals surface area contributed by atoms with E-state index in [1.807, 2.05) is 6.20 Å². The van der Waals surface area contributed by atoms with Gasteiger partial charge in [0.2, 0.25) is 0 Å². The molecule has 0 amide bonds. The molecule has 1 aliphatic rings. The first-order valence-electron chi connectivity index (χ1n) is 6.27. The lowest BCUT2D eigenvalue weighted by Crippen LogP contribution is -2.45. The van der Waals surface area contributed by atoms with Gasteiger partial charge in [0.15, 0.2) is 0 Å². The van der Waals surface area contributed by atoms with Crippen LogP contribution in [0.3, 0.4) is 0 Å². The SMILES string of the molecule is CN(C)C1CCCN(c2ccc(CN)cn2)C1. The molecule has 1 atom stereocenters. The van der Waals surface area contributed by atoms with E-state index in [0.717, 1.165) is 24.5 Å². The number of nitrogens with zero attached hydrogens (tertiary/aromatic N) is 3. The number of aromatic nitrogens is 1. The monoisotopic (exact) mass is 234 g/mol. The van der Waals surface area contributed by atoms with E-state index in [9.17, 15) is 0 Å². The molecule has 1 aromatic heterocycles. The molecule has 0 spiro atoms. The molecule has 94 valence electrons. The minimum absolute atomic E-state index is 0.563. The molecule has 1 saturated heterocycles. The second kappa shape index (κ2) is 5.47. The van der Waals surface area contributed by atoms with Crippen molar-refractivity contribution in [1.29, 1.82) is 0 Å². The van der Waals surface area contributed by atoms with E-state index in [1.54, 1.807) is 0 Å². The predicted molar refractivity (Wildman–Crippen MR) is 71.1 cm³/mol. The normalized spacial score (nSPS) is 20.9. The lowest BCUT2D eigenvalue weighted by atomic mass is 10.0. The van der Waals surface area contributed by atoms with Gasteiger partial charge >= 0.3 is 0 Å². The zero-order valence-electron chi connectivity index (χ0n) is 10.8. The molecule has 1 aliphatic heterocycles. The zero-order chi connectivity index (χ0) is 12.3. The summed E-state index contributed by atoms with van der Waals surface area (Å²) in [4.78, 5) is 9.17. The third-order valence-electron chi connectivity index (χ3n) is 3.50. The highest BCUT2D eigenvalue weighted by Gasteiger charge is 2.21. The summed E-state index contributed by atoms with van der Waals surface area (Å²) in [5.41, 5.74) is 6.67. The highest BCUT2D eigenvalue weighted by molar-refractivity contribution is 5.40. The fourth-order valence-corrected chi connectivity index (χ4v) is 2.31. The summed E-state index contributed by atoms with van der Waals surface area (Å²) < 4.78 is 0. The maximum absolute atomic E-state index is 5.58. The third kappa shape index (κ3) is 2.96. The smallest absolute Gasteiger partial charge is 0.128 e. The third-order valence-corrected chi connectivity index (χ3v) is 3.50. The van der Waals surface area contributed by atoms with Crippen LogP contribution >= 0.6 is 0 Å². The van der Waals surface area contributed by atoms with Crippen LogP contribution < -0.4 is 10.6 Å². The molecule has 2 rings (SSSR count). The highest BCUT2D eigenvalue weighted by Crippen LogP contribution is 2.19. The van der Waals surface area contributed by atoms with Gasteiger partial charge in [-0.15, -0.1) is 0 Å². The molecule has 0 radical (unpaired) electrons. The van der Waals surface area contributed by atoms with Gasteiger partial charge in [-0.05, 0) is 38.6 Å². The van der Waals surface area contributed by atoms with Crippen molar-refractivity contribution in [2.75, 3.05) is 32.1 Å². The number of anilines is 1. The Balaban J connectivity index is 2.05. The van der Waals surface area contributed by atoms with Crippen LogP contribution in [0.15, 0.2) is 18.3 Å². The summed E-state index contributed by atoms with van der Waals surface area (Å²) in [6.45, 7) is 2.74. The molecule has 0 aliphatic carbocycles. The summed E-state index contributed by atoms with van der Waals surface area (Å²) in [6, 6.07) is 4.79. The molecule has 4 nitrogen and oxygen atoms in total. The Bertz CT molecular complexity index is 347. The number of piperidine rings is 1. The van der Waals surface area contributed by atoms with Crippen LogP contribution in [-0.2, 0) is 6.54 Å². The maximum Gasteiger partial charge on any atom is 0.128 e. The van der Waals surface area contributed by atoms with Gasteiger partial charge in [-0.2, -0.15) is 0 Å². The van der Waals surface area contributed by atoms with Gasteiger partial charge < -0.3 is 15.5 Å². The van der Waals surface area contributed by atoms with Crippen molar-refractivity contribution in [2.24, 2.45) is 5.73 Å². The van der Waals surface area contributed by atoms with Crippen molar-refractivity contribution in [3.05, 3.63) is 23.9 Å². The van der Waals surface area contributed by atoms with Crippen molar-refractivity contribution in [1.82, 2.24) is 9.88 Å². The van der Waals surface area contributed by atoms with Crippen LogP contribution in [0, 0.1) is 0 Å². The summed E-state index contributed by atoms with van der Waals surface area (Å²) >= 11 is 0. The Labute approximate surface area is 103 Å². The fraction of sp³-hybridized carbons (Fsp3) is 0.615. The van der Waals surface area contributed by atoms with Gasteiger partial charge in [0.25, 0.3) is 0 Å². The minimum atomic E-state index is 0.563. The Morgan fingerprint density at radius 3 is 2.88 bits per heavy atom. The van der Waals surface area contributed by atoms with Gasteiger partial charge in [-0.25, -0.2) is 4.98 Å². The van der Waals surface area contributed by atoms with E-state index < -0.39 is 0 Å². The molecule has 0 aromatic carbocycles. The Hall–Kier alpha value is -1.13. The lowest BCUT2D eigenvalue weighted by Gasteiger charge is -2.36. The number of hydrogen-bond donors (Lipinski definition) is 1. The van der Waals surface area contributed by atoms with Gasteiger partial charge in [-0.1, -0.05) is 6.07 Å². The summed E-state index contributed by atoms with van der Waals surface area (Å²) in [5.74, 6) is 1.08. The number of nitrogens with two attached hydrogens (primary N) is 1. The molecule has 1 fully saturated rings. The van der Waals surface area contributed by atoms with Gasteiger partial charge in [0.1, 0.15) is 5.82 Å². The first kappa shape index (κ1) is 12.3. The molecule has 17 heavy (non-hydrogen) atoms. The highest BCUT2D eigenvalue weighted by atomic mass is 15.2. The average molecular weight is 234 g/mol. The van der Waals surface area contributed by atoms with E-state index in [0.29, 0.717) is 12.6 Å². The van der Waals surface area contributed by atoms with Crippen molar-refractivity contribution in [2.45, 2.75) is 25.4 Å². The summed E-state index contributed by atoms with van der Waals surface area (Å²) in [7, 11) is 4.30. The number of hydrogen-bond acceptors (Lipinski definition) is 4. The molecule has 2 N–H and O–H groups in total. The Morgan fingerprint density at radius 1 is 1.47 bits per heavy atom. The standard InChI is InChI=1S/C13H22N4/c1-16(2)12-4-3-7-17(10-12)13-6-5-11(8-14)9-15-13/h5-6,9,12H,3-4,7-8,10,14H2,1-2H3. The second-order valence-corrected chi connectivity index (χ2v) is 4.93.